The number of carboxylic acids is 1. The molecule has 0 saturated heterocycles. The van der Waals surface area contributed by atoms with Crippen molar-refractivity contribution in [2.45, 2.75) is 0 Å². The maximum Gasteiger partial charge on any atom is 1.00 e. The van der Waals surface area contributed by atoms with Crippen molar-refractivity contribution in [1.82, 2.24) is 0 Å². The quantitative estimate of drug-likeness (QED) is 0.249. The molecule has 4 heteroatoms. The average molecular weight is 100 g/mol. The second-order valence-corrected chi connectivity index (χ2v) is 0.773. The van der Waals surface area contributed by atoms with Gasteiger partial charge in [0.2, 0.25) is 0 Å². The van der Waals surface area contributed by atoms with Gasteiger partial charge in [0.1, 0.15) is 0 Å². The van der Waals surface area contributed by atoms with Crippen molar-refractivity contribution in [3.05, 3.63) is 0 Å². The molecule has 0 amide bonds. The minimum absolute atomic E-state index is 0. The Hall–Kier alpha value is 0.357. The van der Waals surface area contributed by atoms with Gasteiger partial charge in [0.15, 0.2) is 0 Å². The summed E-state index contributed by atoms with van der Waals surface area (Å²) < 4.78 is 0. The van der Waals surface area contributed by atoms with E-state index in [2.05, 4.69) is 11.6 Å². The normalized spacial score (nSPS) is 6.17. The van der Waals surface area contributed by atoms with Gasteiger partial charge in [-0.25, -0.2) is 0 Å². The molecule has 0 fully saturated rings. The predicted molar refractivity (Wildman–Crippen MR) is 15.7 cm³/mol. The Balaban J connectivity index is 0. The van der Waals surface area contributed by atoms with Crippen LogP contribution in [0.15, 0.2) is 0 Å². The molecule has 0 aromatic carbocycles. The summed E-state index contributed by atoms with van der Waals surface area (Å²) in [5.41, 5.74) is 0. The molecule has 0 atom stereocenters. The number of hydrogen-bond acceptors (Lipinski definition) is 2. The van der Waals surface area contributed by atoms with Gasteiger partial charge in [0.25, 0.3) is 0 Å². The summed E-state index contributed by atoms with van der Waals surface area (Å²) in [6.45, 7) is 0. The van der Waals surface area contributed by atoms with E-state index in [1.807, 2.05) is 0 Å². The van der Waals surface area contributed by atoms with E-state index in [9.17, 15) is 0 Å². The molecule has 0 N–H and O–H groups in total. The zero-order valence-corrected chi connectivity index (χ0v) is 4.16. The standard InChI is InChI=1S/C2H3ClO2.Li/c3-1-2(4)5;/h1H2,(H,4,5);/q;+1/p-1. The minimum atomic E-state index is -1.23. The van der Waals surface area contributed by atoms with Crippen LogP contribution in [-0.4, -0.2) is 11.8 Å². The van der Waals surface area contributed by atoms with Crippen LogP contribution in [0.25, 0.3) is 0 Å². The SMILES string of the molecule is O=C([O-])CCl.[Li+]. The molecule has 0 aromatic rings. The number of carbonyl (C=O) groups is 1. The van der Waals surface area contributed by atoms with E-state index in [-0.39, 0.29) is 18.9 Å². The monoisotopic (exact) mass is 100.0 g/mol. The number of halogens is 1. The first kappa shape index (κ1) is 9.61. The molecule has 0 heterocycles. The fourth-order valence-electron chi connectivity index (χ4n) is 0. The van der Waals surface area contributed by atoms with Crippen LogP contribution in [0, 0.1) is 0 Å². The van der Waals surface area contributed by atoms with E-state index in [1.54, 1.807) is 0 Å². The summed E-state index contributed by atoms with van der Waals surface area (Å²) in [6.07, 6.45) is 0. The molecule has 0 bridgehead atoms. The molecule has 2 nitrogen and oxygen atoms in total. The second kappa shape index (κ2) is 5.36. The summed E-state index contributed by atoms with van der Waals surface area (Å²) in [7, 11) is 0. The Labute approximate surface area is 52.7 Å². The minimum Gasteiger partial charge on any atom is -0.549 e. The van der Waals surface area contributed by atoms with Gasteiger partial charge in [0, 0.05) is 0 Å². The average Bonchev–Trinajstić information content (AvgIpc) is 1.38. The van der Waals surface area contributed by atoms with Crippen molar-refractivity contribution in [2.75, 3.05) is 5.88 Å². The third kappa shape index (κ3) is 8.84. The zero-order valence-electron chi connectivity index (χ0n) is 3.40. The Morgan fingerprint density at radius 3 is 2.00 bits per heavy atom. The number of carbonyl (C=O) groups excluding carboxylic acids is 1. The summed E-state index contributed by atoms with van der Waals surface area (Å²) in [5.74, 6) is -1.65. The Morgan fingerprint density at radius 1 is 1.83 bits per heavy atom. The van der Waals surface area contributed by atoms with Crippen molar-refractivity contribution >= 4 is 17.6 Å². The maximum atomic E-state index is 9.12. The topological polar surface area (TPSA) is 40.1 Å². The number of alkyl halides is 1. The number of rotatable bonds is 1. The summed E-state index contributed by atoms with van der Waals surface area (Å²) in [5, 5.41) is 9.12. The van der Waals surface area contributed by atoms with Gasteiger partial charge < -0.3 is 9.90 Å². The number of hydrogen-bond donors (Lipinski definition) is 0. The molecule has 0 aliphatic heterocycles. The molecule has 0 unspecified atom stereocenters. The fraction of sp³-hybridized carbons (Fsp3) is 0.500. The molecule has 0 aliphatic carbocycles. The first-order valence-electron chi connectivity index (χ1n) is 1.03. The maximum absolute atomic E-state index is 9.12. The smallest absolute Gasteiger partial charge is 0.549 e. The van der Waals surface area contributed by atoms with Gasteiger partial charge in [-0.05, 0) is 0 Å². The van der Waals surface area contributed by atoms with Crippen LogP contribution >= 0.6 is 11.6 Å². The van der Waals surface area contributed by atoms with Crippen LogP contribution in [0.5, 0.6) is 0 Å². The largest absolute Gasteiger partial charge is 1.00 e. The van der Waals surface area contributed by atoms with E-state index in [0.717, 1.165) is 0 Å². The summed E-state index contributed by atoms with van der Waals surface area (Å²) in [4.78, 5) is 9.12. The van der Waals surface area contributed by atoms with E-state index in [0.29, 0.717) is 0 Å². The van der Waals surface area contributed by atoms with Gasteiger partial charge in [0.05, 0.1) is 11.8 Å². The van der Waals surface area contributed by atoms with Crippen molar-refractivity contribution in [2.24, 2.45) is 0 Å². The van der Waals surface area contributed by atoms with Crippen LogP contribution in [0.2, 0.25) is 0 Å². The molecule has 30 valence electrons. The molecule has 0 aliphatic rings. The van der Waals surface area contributed by atoms with Gasteiger partial charge >= 0.3 is 18.9 Å². The van der Waals surface area contributed by atoms with Gasteiger partial charge in [-0.2, -0.15) is 0 Å². The van der Waals surface area contributed by atoms with E-state index < -0.39 is 11.8 Å². The Kier molecular flexibility index (Phi) is 8.58. The first-order chi connectivity index (χ1) is 2.27. The molecule has 0 saturated carbocycles. The zero-order chi connectivity index (χ0) is 4.28. The van der Waals surface area contributed by atoms with Crippen LogP contribution < -0.4 is 24.0 Å². The summed E-state index contributed by atoms with van der Waals surface area (Å²) >= 11 is 4.67. The Bertz CT molecular complexity index is 46.8. The van der Waals surface area contributed by atoms with Gasteiger partial charge in [-0.1, -0.05) is 0 Å². The van der Waals surface area contributed by atoms with Crippen molar-refractivity contribution in [3.8, 4) is 0 Å². The molecular formula is C2H2ClLiO2. The summed E-state index contributed by atoms with van der Waals surface area (Å²) in [6, 6.07) is 0. The molecule has 0 rings (SSSR count). The van der Waals surface area contributed by atoms with Gasteiger partial charge in [-0.3, -0.25) is 0 Å². The number of carboxylic acid groups (broad SMARTS) is 1. The van der Waals surface area contributed by atoms with Crippen molar-refractivity contribution in [1.29, 1.82) is 0 Å². The Morgan fingerprint density at radius 2 is 2.00 bits per heavy atom. The van der Waals surface area contributed by atoms with E-state index in [4.69, 9.17) is 9.90 Å². The molecule has 0 radical (unpaired) electrons. The second-order valence-electron chi connectivity index (χ2n) is 0.506. The van der Waals surface area contributed by atoms with Gasteiger partial charge in [-0.15, -0.1) is 11.6 Å². The predicted octanol–water partition coefficient (Wildman–Crippen LogP) is -4.02. The first-order valence-corrected chi connectivity index (χ1v) is 1.56. The molecule has 6 heavy (non-hydrogen) atoms. The van der Waals surface area contributed by atoms with Crippen molar-refractivity contribution < 1.29 is 28.8 Å². The molecule has 0 spiro atoms. The van der Waals surface area contributed by atoms with Crippen LogP contribution in [0.4, 0.5) is 0 Å². The molecule has 0 aromatic heterocycles. The van der Waals surface area contributed by atoms with Crippen LogP contribution in [0.1, 0.15) is 0 Å². The third-order valence-electron chi connectivity index (χ3n) is 0.109. The van der Waals surface area contributed by atoms with Crippen LogP contribution in [0.3, 0.4) is 0 Å². The fourth-order valence-corrected chi connectivity index (χ4v) is 0. The van der Waals surface area contributed by atoms with Crippen LogP contribution in [-0.2, 0) is 4.79 Å². The third-order valence-corrected chi connectivity index (χ3v) is 0.327. The van der Waals surface area contributed by atoms with E-state index in [1.165, 1.54) is 0 Å². The van der Waals surface area contributed by atoms with E-state index >= 15 is 0 Å². The molecular weight excluding hydrogens is 98.4 g/mol. The van der Waals surface area contributed by atoms with Crippen molar-refractivity contribution in [3.63, 3.8) is 0 Å². The number of aliphatic carboxylic acids is 1.